The van der Waals surface area contributed by atoms with E-state index in [0.29, 0.717) is 5.56 Å². The second-order valence-electron chi connectivity index (χ2n) is 5.10. The van der Waals surface area contributed by atoms with Gasteiger partial charge < -0.3 is 5.32 Å². The van der Waals surface area contributed by atoms with Crippen molar-refractivity contribution >= 4 is 5.91 Å². The lowest BCUT2D eigenvalue weighted by atomic mass is 9.93. The van der Waals surface area contributed by atoms with Crippen LogP contribution >= 0.6 is 0 Å². The van der Waals surface area contributed by atoms with Gasteiger partial charge in [-0.15, -0.1) is 0 Å². The molecule has 0 fully saturated rings. The number of aromatic nitrogens is 2. The summed E-state index contributed by atoms with van der Waals surface area (Å²) in [6, 6.07) is 5.70. The number of carbonyl (C=O) groups excluding carboxylic acids is 1. The summed E-state index contributed by atoms with van der Waals surface area (Å²) in [5.41, 5.74) is 2.59. The van der Waals surface area contributed by atoms with Crippen molar-refractivity contribution in [2.24, 2.45) is 7.05 Å². The summed E-state index contributed by atoms with van der Waals surface area (Å²) < 4.78 is 15.0. The number of nitrogens with zero attached hydrogens (tertiary/aromatic N) is 2. The highest BCUT2D eigenvalue weighted by molar-refractivity contribution is 5.94. The molecule has 0 saturated carbocycles. The van der Waals surface area contributed by atoms with Crippen molar-refractivity contribution in [1.29, 1.82) is 0 Å². The van der Waals surface area contributed by atoms with Crippen molar-refractivity contribution in [3.05, 3.63) is 53.1 Å². The molecule has 0 radical (unpaired) electrons. The van der Waals surface area contributed by atoms with Gasteiger partial charge in [0.1, 0.15) is 5.82 Å². The fraction of sp³-hybridized carbons (Fsp3) is 0.333. The first-order chi connectivity index (χ1) is 9.65. The topological polar surface area (TPSA) is 46.9 Å². The van der Waals surface area contributed by atoms with Crippen molar-refractivity contribution in [3.63, 3.8) is 0 Å². The van der Waals surface area contributed by atoms with E-state index in [1.807, 2.05) is 17.9 Å². The quantitative estimate of drug-likeness (QED) is 0.913. The number of hydrogen-bond acceptors (Lipinski definition) is 2. The molecule has 1 unspecified atom stereocenters. The molecule has 1 heterocycles. The van der Waals surface area contributed by atoms with Crippen molar-refractivity contribution in [3.8, 4) is 0 Å². The van der Waals surface area contributed by atoms with Crippen molar-refractivity contribution in [1.82, 2.24) is 15.1 Å². The molecule has 1 atom stereocenters. The predicted molar refractivity (Wildman–Crippen MR) is 72.8 cm³/mol. The van der Waals surface area contributed by atoms with Gasteiger partial charge in [-0.25, -0.2) is 4.39 Å². The normalized spacial score (nSPS) is 17.6. The monoisotopic (exact) mass is 273 g/mol. The first-order valence-corrected chi connectivity index (χ1v) is 6.72. The minimum Gasteiger partial charge on any atom is -0.345 e. The van der Waals surface area contributed by atoms with Crippen LogP contribution in [0.15, 0.2) is 30.5 Å². The second-order valence-corrected chi connectivity index (χ2v) is 5.10. The van der Waals surface area contributed by atoms with E-state index in [1.54, 1.807) is 12.1 Å². The molecule has 0 aliphatic heterocycles. The molecule has 1 amide bonds. The van der Waals surface area contributed by atoms with Crippen LogP contribution in [0.1, 0.15) is 40.5 Å². The number of fused-ring (bicyclic) bond motifs is 1. The molecule has 1 aliphatic carbocycles. The first-order valence-electron chi connectivity index (χ1n) is 6.72. The highest BCUT2D eigenvalue weighted by atomic mass is 19.1. The molecule has 4 nitrogen and oxygen atoms in total. The van der Waals surface area contributed by atoms with E-state index in [1.165, 1.54) is 17.8 Å². The summed E-state index contributed by atoms with van der Waals surface area (Å²) in [4.78, 5) is 12.2. The zero-order valence-corrected chi connectivity index (χ0v) is 11.3. The van der Waals surface area contributed by atoms with Gasteiger partial charge in [0.05, 0.1) is 12.2 Å². The number of benzene rings is 1. The summed E-state index contributed by atoms with van der Waals surface area (Å²) in [6.07, 6.45) is 4.70. The molecule has 1 aliphatic rings. The van der Waals surface area contributed by atoms with Gasteiger partial charge in [0, 0.05) is 23.9 Å². The minimum atomic E-state index is -0.400. The van der Waals surface area contributed by atoms with E-state index >= 15 is 0 Å². The lowest BCUT2D eigenvalue weighted by Gasteiger charge is -2.23. The molecular formula is C15H16FN3O. The van der Waals surface area contributed by atoms with Gasteiger partial charge >= 0.3 is 0 Å². The molecule has 0 saturated heterocycles. The van der Waals surface area contributed by atoms with Crippen LogP contribution in [0, 0.1) is 5.82 Å². The molecule has 1 aromatic heterocycles. The number of amides is 1. The zero-order chi connectivity index (χ0) is 14.1. The molecule has 20 heavy (non-hydrogen) atoms. The number of nitrogens with one attached hydrogen (secondary N) is 1. The number of rotatable bonds is 2. The van der Waals surface area contributed by atoms with E-state index in [-0.39, 0.29) is 11.9 Å². The minimum absolute atomic E-state index is 0.0387. The average molecular weight is 273 g/mol. The largest absolute Gasteiger partial charge is 0.345 e. The lowest BCUT2D eigenvalue weighted by Crippen LogP contribution is -2.31. The van der Waals surface area contributed by atoms with Crippen molar-refractivity contribution in [2.75, 3.05) is 0 Å². The van der Waals surface area contributed by atoms with Crippen LogP contribution in [0.5, 0.6) is 0 Å². The van der Waals surface area contributed by atoms with Gasteiger partial charge in [0.15, 0.2) is 0 Å². The molecule has 0 spiro atoms. The summed E-state index contributed by atoms with van der Waals surface area (Å²) in [5.74, 6) is -0.644. The molecule has 0 bridgehead atoms. The standard InChI is InChI=1S/C15H16FN3O/c1-19-14-7-3-6-13(12(14)9-17-19)18-15(20)10-4-2-5-11(16)8-10/h2,4-5,8-9,13H,3,6-7H2,1H3,(H,18,20). The smallest absolute Gasteiger partial charge is 0.251 e. The van der Waals surface area contributed by atoms with Crippen molar-refractivity contribution in [2.45, 2.75) is 25.3 Å². The Bertz CT molecular complexity index is 650. The number of aryl methyl sites for hydroxylation is 1. The maximum Gasteiger partial charge on any atom is 0.251 e. The van der Waals surface area contributed by atoms with Crippen LogP contribution in [-0.4, -0.2) is 15.7 Å². The Morgan fingerprint density at radius 2 is 2.35 bits per heavy atom. The van der Waals surface area contributed by atoms with Gasteiger partial charge in [0.25, 0.3) is 5.91 Å². The Hall–Kier alpha value is -2.17. The van der Waals surface area contributed by atoms with E-state index in [2.05, 4.69) is 10.4 Å². The van der Waals surface area contributed by atoms with Crippen LogP contribution in [0.3, 0.4) is 0 Å². The molecule has 1 aromatic carbocycles. The van der Waals surface area contributed by atoms with Gasteiger partial charge in [-0.3, -0.25) is 9.48 Å². The molecule has 1 N–H and O–H groups in total. The first kappa shape index (κ1) is 12.8. The van der Waals surface area contributed by atoms with Crippen LogP contribution in [0.25, 0.3) is 0 Å². The highest BCUT2D eigenvalue weighted by Crippen LogP contribution is 2.29. The molecule has 104 valence electrons. The fourth-order valence-electron chi connectivity index (χ4n) is 2.73. The maximum absolute atomic E-state index is 13.2. The number of hydrogen-bond donors (Lipinski definition) is 1. The van der Waals surface area contributed by atoms with E-state index in [4.69, 9.17) is 0 Å². The Balaban J connectivity index is 1.80. The third kappa shape index (κ3) is 2.31. The fourth-order valence-corrected chi connectivity index (χ4v) is 2.73. The predicted octanol–water partition coefficient (Wildman–Crippen LogP) is 2.37. The summed E-state index contributed by atoms with van der Waals surface area (Å²) >= 11 is 0. The summed E-state index contributed by atoms with van der Waals surface area (Å²) in [7, 11) is 1.91. The van der Waals surface area contributed by atoms with E-state index in [0.717, 1.165) is 24.8 Å². The molecule has 5 heteroatoms. The van der Waals surface area contributed by atoms with Crippen LogP contribution in [-0.2, 0) is 13.5 Å². The lowest BCUT2D eigenvalue weighted by molar-refractivity contribution is 0.0932. The Labute approximate surface area is 116 Å². The molecule has 2 aromatic rings. The SMILES string of the molecule is Cn1ncc2c1CCCC2NC(=O)c1cccc(F)c1. The third-order valence-corrected chi connectivity index (χ3v) is 3.77. The van der Waals surface area contributed by atoms with E-state index < -0.39 is 5.82 Å². The zero-order valence-electron chi connectivity index (χ0n) is 11.3. The van der Waals surface area contributed by atoms with E-state index in [9.17, 15) is 9.18 Å². The molecular weight excluding hydrogens is 257 g/mol. The maximum atomic E-state index is 13.2. The van der Waals surface area contributed by atoms with Gasteiger partial charge in [0.2, 0.25) is 0 Å². The Kier molecular flexibility index (Phi) is 3.26. The summed E-state index contributed by atoms with van der Waals surface area (Å²) in [5, 5.41) is 7.22. The number of carbonyl (C=O) groups is 1. The van der Waals surface area contributed by atoms with Gasteiger partial charge in [-0.05, 0) is 37.5 Å². The average Bonchev–Trinajstić information content (AvgIpc) is 2.82. The second kappa shape index (κ2) is 5.07. The molecule has 3 rings (SSSR count). The van der Waals surface area contributed by atoms with Gasteiger partial charge in [-0.1, -0.05) is 6.07 Å². The van der Waals surface area contributed by atoms with Crippen LogP contribution < -0.4 is 5.32 Å². The van der Waals surface area contributed by atoms with Crippen LogP contribution in [0.2, 0.25) is 0 Å². The number of halogens is 1. The Morgan fingerprint density at radius 1 is 1.50 bits per heavy atom. The van der Waals surface area contributed by atoms with Crippen molar-refractivity contribution < 1.29 is 9.18 Å². The third-order valence-electron chi connectivity index (χ3n) is 3.77. The highest BCUT2D eigenvalue weighted by Gasteiger charge is 2.25. The van der Waals surface area contributed by atoms with Gasteiger partial charge in [-0.2, -0.15) is 5.10 Å². The Morgan fingerprint density at radius 3 is 3.15 bits per heavy atom. The van der Waals surface area contributed by atoms with Crippen LogP contribution in [0.4, 0.5) is 4.39 Å². The summed E-state index contributed by atoms with van der Waals surface area (Å²) in [6.45, 7) is 0.